The first-order valence-electron chi connectivity index (χ1n) is 8.94. The number of hydrogen-bond acceptors (Lipinski definition) is 4. The Balaban J connectivity index is 2.01. The van der Waals surface area contributed by atoms with Gasteiger partial charge >= 0.3 is 5.97 Å². The van der Waals surface area contributed by atoms with Crippen LogP contribution in [0.3, 0.4) is 0 Å². The third-order valence-electron chi connectivity index (χ3n) is 5.17. The molecule has 1 aromatic carbocycles. The van der Waals surface area contributed by atoms with Gasteiger partial charge in [-0.15, -0.1) is 0 Å². The molecule has 0 amide bonds. The lowest BCUT2D eigenvalue weighted by Gasteiger charge is -2.37. The molecule has 1 aliphatic rings. The number of aliphatic hydroxyl groups is 1. The second kappa shape index (κ2) is 8.65. The van der Waals surface area contributed by atoms with Crippen molar-refractivity contribution in [2.75, 3.05) is 13.2 Å². The van der Waals surface area contributed by atoms with Crippen molar-refractivity contribution in [3.8, 4) is 0 Å². The molecule has 0 saturated heterocycles. The van der Waals surface area contributed by atoms with Crippen LogP contribution in [0.5, 0.6) is 0 Å². The van der Waals surface area contributed by atoms with Crippen LogP contribution in [0.4, 0.5) is 0 Å². The van der Waals surface area contributed by atoms with Crippen molar-refractivity contribution >= 4 is 13.8 Å². The van der Waals surface area contributed by atoms with Crippen molar-refractivity contribution < 1.29 is 15.0 Å². The standard InChI is InChI=1S/C18H29BN2O3/c19-9-4-3-7-18(20,17(23)24)8-10-21-12-15-6-2-1-5-14(15)11-16(21)13-22/h1-2,5-6,16,22H,3-4,7-13,19-20H2,(H,23,24)/t16?,18-/m1/s1. The summed E-state index contributed by atoms with van der Waals surface area (Å²) in [4.78, 5) is 13.8. The summed E-state index contributed by atoms with van der Waals surface area (Å²) in [6.07, 6.45) is 4.60. The van der Waals surface area contributed by atoms with Crippen molar-refractivity contribution in [1.82, 2.24) is 4.90 Å². The molecule has 2 rings (SSSR count). The summed E-state index contributed by atoms with van der Waals surface area (Å²) in [6.45, 7) is 1.41. The van der Waals surface area contributed by atoms with E-state index in [0.29, 0.717) is 19.4 Å². The smallest absolute Gasteiger partial charge is 0.323 e. The minimum absolute atomic E-state index is 0.0357. The summed E-state index contributed by atoms with van der Waals surface area (Å²) < 4.78 is 0. The highest BCUT2D eigenvalue weighted by atomic mass is 16.4. The first-order chi connectivity index (χ1) is 11.5. The Morgan fingerprint density at radius 1 is 1.29 bits per heavy atom. The monoisotopic (exact) mass is 332 g/mol. The van der Waals surface area contributed by atoms with E-state index in [1.54, 1.807) is 0 Å². The molecular formula is C18H29BN2O3. The van der Waals surface area contributed by atoms with E-state index >= 15 is 0 Å². The summed E-state index contributed by atoms with van der Waals surface area (Å²) >= 11 is 0. The zero-order chi connectivity index (χ0) is 17.6. The summed E-state index contributed by atoms with van der Waals surface area (Å²) in [5.74, 6) is -0.920. The fourth-order valence-corrected chi connectivity index (χ4v) is 3.46. The van der Waals surface area contributed by atoms with Crippen molar-refractivity contribution in [3.63, 3.8) is 0 Å². The van der Waals surface area contributed by atoms with E-state index in [2.05, 4.69) is 24.9 Å². The van der Waals surface area contributed by atoms with Crippen LogP contribution in [0.1, 0.15) is 36.8 Å². The number of rotatable bonds is 9. The Morgan fingerprint density at radius 3 is 2.62 bits per heavy atom. The van der Waals surface area contributed by atoms with E-state index in [0.717, 1.165) is 32.1 Å². The molecule has 4 N–H and O–H groups in total. The molecule has 0 bridgehead atoms. The molecular weight excluding hydrogens is 303 g/mol. The maximum Gasteiger partial charge on any atom is 0.323 e. The molecule has 6 heteroatoms. The highest BCUT2D eigenvalue weighted by Crippen LogP contribution is 2.25. The van der Waals surface area contributed by atoms with E-state index in [9.17, 15) is 15.0 Å². The zero-order valence-electron chi connectivity index (χ0n) is 14.6. The number of hydrogen-bond donors (Lipinski definition) is 3. The van der Waals surface area contributed by atoms with Crippen molar-refractivity contribution in [1.29, 1.82) is 0 Å². The number of carbonyl (C=O) groups is 1. The molecule has 0 radical (unpaired) electrons. The van der Waals surface area contributed by atoms with Gasteiger partial charge in [-0.3, -0.25) is 9.69 Å². The molecule has 0 spiro atoms. The molecule has 0 aliphatic carbocycles. The van der Waals surface area contributed by atoms with Gasteiger partial charge in [0.15, 0.2) is 0 Å². The van der Waals surface area contributed by atoms with E-state index in [1.165, 1.54) is 11.1 Å². The zero-order valence-corrected chi connectivity index (χ0v) is 14.6. The van der Waals surface area contributed by atoms with Crippen LogP contribution in [0.15, 0.2) is 24.3 Å². The molecule has 0 saturated carbocycles. The lowest BCUT2D eigenvalue weighted by Crippen LogP contribution is -2.52. The van der Waals surface area contributed by atoms with Gasteiger partial charge in [-0.25, -0.2) is 0 Å². The minimum atomic E-state index is -1.17. The van der Waals surface area contributed by atoms with Crippen molar-refractivity contribution in [2.24, 2.45) is 5.73 Å². The van der Waals surface area contributed by atoms with Gasteiger partial charge in [-0.05, 0) is 30.4 Å². The van der Waals surface area contributed by atoms with Crippen molar-refractivity contribution in [3.05, 3.63) is 35.4 Å². The molecule has 1 heterocycles. The maximum absolute atomic E-state index is 11.6. The lowest BCUT2D eigenvalue weighted by atomic mass is 9.87. The van der Waals surface area contributed by atoms with Crippen molar-refractivity contribution in [2.45, 2.75) is 56.5 Å². The second-order valence-electron chi connectivity index (χ2n) is 6.95. The predicted molar refractivity (Wildman–Crippen MR) is 97.8 cm³/mol. The minimum Gasteiger partial charge on any atom is -0.480 e. The first-order valence-corrected chi connectivity index (χ1v) is 8.94. The summed E-state index contributed by atoms with van der Waals surface area (Å²) in [7, 11) is 2.09. The van der Waals surface area contributed by atoms with Gasteiger partial charge < -0.3 is 15.9 Å². The first kappa shape index (κ1) is 19.0. The largest absolute Gasteiger partial charge is 0.480 e. The number of carboxylic acids is 1. The fraction of sp³-hybridized carbons (Fsp3) is 0.611. The van der Waals surface area contributed by atoms with E-state index < -0.39 is 11.5 Å². The van der Waals surface area contributed by atoms with Gasteiger partial charge in [0.2, 0.25) is 0 Å². The molecule has 1 aliphatic heterocycles. The quantitative estimate of drug-likeness (QED) is 0.460. The van der Waals surface area contributed by atoms with Crippen LogP contribution in [0.2, 0.25) is 6.32 Å². The van der Waals surface area contributed by atoms with Gasteiger partial charge in [0.1, 0.15) is 13.4 Å². The third kappa shape index (κ3) is 4.59. The molecule has 1 aromatic rings. The molecule has 5 nitrogen and oxygen atoms in total. The van der Waals surface area contributed by atoms with Crippen LogP contribution < -0.4 is 5.73 Å². The molecule has 0 aromatic heterocycles. The Bertz CT molecular complexity index is 555. The van der Waals surface area contributed by atoms with Gasteiger partial charge in [-0.2, -0.15) is 0 Å². The lowest BCUT2D eigenvalue weighted by molar-refractivity contribution is -0.144. The summed E-state index contributed by atoms with van der Waals surface area (Å²) in [5.41, 5.74) is 7.54. The van der Waals surface area contributed by atoms with Crippen LogP contribution in [-0.2, 0) is 17.8 Å². The van der Waals surface area contributed by atoms with Crippen LogP contribution in [0, 0.1) is 0 Å². The number of carboxylic acid groups (broad SMARTS) is 1. The molecule has 132 valence electrons. The number of aliphatic carboxylic acids is 1. The van der Waals surface area contributed by atoms with Gasteiger partial charge in [-0.1, -0.05) is 43.4 Å². The summed E-state index contributed by atoms with van der Waals surface area (Å²) in [6, 6.07) is 8.28. The third-order valence-corrected chi connectivity index (χ3v) is 5.17. The average Bonchev–Trinajstić information content (AvgIpc) is 2.59. The Kier molecular flexibility index (Phi) is 6.84. The highest BCUT2D eigenvalue weighted by molar-refractivity contribution is 6.08. The summed E-state index contributed by atoms with van der Waals surface area (Å²) in [5, 5.41) is 19.3. The number of unbranched alkanes of at least 4 members (excludes halogenated alkanes) is 1. The number of fused-ring (bicyclic) bond motifs is 1. The SMILES string of the molecule is BCCCC[C@@](N)(CCN1Cc2ccccc2CC1CO)C(=O)O. The predicted octanol–water partition coefficient (Wildman–Crippen LogP) is 0.799. The Labute approximate surface area is 145 Å². The van der Waals surface area contributed by atoms with Crippen LogP contribution in [0.25, 0.3) is 0 Å². The molecule has 24 heavy (non-hydrogen) atoms. The van der Waals surface area contributed by atoms with E-state index in [-0.39, 0.29) is 12.6 Å². The topological polar surface area (TPSA) is 86.8 Å². The maximum atomic E-state index is 11.6. The fourth-order valence-electron chi connectivity index (χ4n) is 3.46. The number of aliphatic hydroxyl groups excluding tert-OH is 1. The van der Waals surface area contributed by atoms with Gasteiger partial charge in [0.25, 0.3) is 0 Å². The molecule has 0 fully saturated rings. The highest BCUT2D eigenvalue weighted by Gasteiger charge is 2.35. The van der Waals surface area contributed by atoms with E-state index in [4.69, 9.17) is 5.73 Å². The number of nitrogens with two attached hydrogens (primary N) is 1. The van der Waals surface area contributed by atoms with Gasteiger partial charge in [0.05, 0.1) is 6.61 Å². The van der Waals surface area contributed by atoms with Gasteiger partial charge in [0, 0.05) is 19.1 Å². The number of nitrogens with zero attached hydrogens (tertiary/aromatic N) is 1. The molecule has 1 unspecified atom stereocenters. The Hall–Kier alpha value is -1.37. The Morgan fingerprint density at radius 2 is 2.00 bits per heavy atom. The molecule has 2 atom stereocenters. The van der Waals surface area contributed by atoms with Crippen LogP contribution >= 0.6 is 0 Å². The van der Waals surface area contributed by atoms with E-state index in [1.807, 2.05) is 12.1 Å². The number of benzene rings is 1. The normalized spacial score (nSPS) is 20.3. The second-order valence-corrected chi connectivity index (χ2v) is 6.95. The van der Waals surface area contributed by atoms with Crippen LogP contribution in [-0.4, -0.2) is 53.7 Å². The average molecular weight is 332 g/mol.